The highest BCUT2D eigenvalue weighted by Gasteiger charge is 2.36. The van der Waals surface area contributed by atoms with Gasteiger partial charge in [-0.2, -0.15) is 0 Å². The van der Waals surface area contributed by atoms with Gasteiger partial charge in [-0.05, 0) is 67.9 Å². The molecule has 2 saturated carbocycles. The van der Waals surface area contributed by atoms with Crippen LogP contribution in [0.1, 0.15) is 81.8 Å². The fourth-order valence-corrected chi connectivity index (χ4v) is 5.59. The number of ether oxygens (including phenoxy) is 1. The van der Waals surface area contributed by atoms with Crippen molar-refractivity contribution in [2.45, 2.75) is 83.2 Å². The lowest BCUT2D eigenvalue weighted by Gasteiger charge is -2.40. The molecule has 3 aliphatic rings. The minimum Gasteiger partial charge on any atom is -0.489 e. The molecule has 1 aliphatic heterocycles. The molecule has 144 valence electrons. The summed E-state index contributed by atoms with van der Waals surface area (Å²) in [5, 5.41) is 0. The van der Waals surface area contributed by atoms with Gasteiger partial charge >= 0.3 is 0 Å². The molecule has 0 radical (unpaired) electrons. The van der Waals surface area contributed by atoms with Crippen molar-refractivity contribution in [2.24, 2.45) is 17.8 Å². The lowest BCUT2D eigenvalue weighted by molar-refractivity contribution is 0.0565. The first kappa shape index (κ1) is 18.2. The van der Waals surface area contributed by atoms with Crippen LogP contribution in [0, 0.1) is 23.6 Å². The van der Waals surface area contributed by atoms with Gasteiger partial charge in [0.15, 0.2) is 0 Å². The largest absolute Gasteiger partial charge is 0.489 e. The van der Waals surface area contributed by atoms with Gasteiger partial charge in [0.25, 0.3) is 6.43 Å². The summed E-state index contributed by atoms with van der Waals surface area (Å²) in [5.41, 5.74) is 0.192. The van der Waals surface area contributed by atoms with Crippen LogP contribution in [-0.4, -0.2) is 6.10 Å². The van der Waals surface area contributed by atoms with E-state index in [1.54, 1.807) is 6.07 Å². The summed E-state index contributed by atoms with van der Waals surface area (Å²) in [6.45, 7) is 0. The zero-order chi connectivity index (χ0) is 18.1. The van der Waals surface area contributed by atoms with Gasteiger partial charge in [-0.1, -0.05) is 38.2 Å². The third kappa shape index (κ3) is 3.61. The number of alkyl halides is 2. The average molecular weight is 366 g/mol. The highest BCUT2D eigenvalue weighted by Crippen LogP contribution is 2.45. The summed E-state index contributed by atoms with van der Waals surface area (Å²) in [6.07, 6.45) is 10.4. The summed E-state index contributed by atoms with van der Waals surface area (Å²) < 4.78 is 46.5. The highest BCUT2D eigenvalue weighted by molar-refractivity contribution is 5.44. The molecule has 1 nitrogen and oxygen atoms in total. The predicted molar refractivity (Wildman–Crippen MR) is 96.1 cm³/mol. The van der Waals surface area contributed by atoms with Crippen LogP contribution < -0.4 is 4.74 Å². The van der Waals surface area contributed by atoms with E-state index in [0.29, 0.717) is 12.3 Å². The molecule has 0 spiro atoms. The molecule has 1 aromatic carbocycles. The van der Waals surface area contributed by atoms with E-state index in [9.17, 15) is 13.2 Å². The second kappa shape index (κ2) is 7.82. The standard InChI is InChI=1S/C22H29F3O/c23-18-12-10-17-11-13-19(26-21(17)20(18)22(24)25)16-8-6-15(7-9-16)14-4-2-1-3-5-14/h10,12,14-16,19,22H,1-9,11,13H2. The molecule has 0 bridgehead atoms. The zero-order valence-electron chi connectivity index (χ0n) is 15.4. The Morgan fingerprint density at radius 3 is 2.15 bits per heavy atom. The van der Waals surface area contributed by atoms with Gasteiger partial charge < -0.3 is 4.74 Å². The first-order valence-electron chi connectivity index (χ1n) is 10.4. The average Bonchev–Trinajstić information content (AvgIpc) is 2.68. The summed E-state index contributed by atoms with van der Waals surface area (Å²) in [6, 6.07) is 2.76. The van der Waals surface area contributed by atoms with Crippen molar-refractivity contribution in [3.05, 3.63) is 29.1 Å². The summed E-state index contributed by atoms with van der Waals surface area (Å²) in [7, 11) is 0. The van der Waals surface area contributed by atoms with E-state index < -0.39 is 17.8 Å². The Labute approximate surface area is 154 Å². The molecule has 0 aromatic heterocycles. The molecule has 4 heteroatoms. The van der Waals surface area contributed by atoms with E-state index in [1.165, 1.54) is 44.9 Å². The molecule has 0 N–H and O–H groups in total. The first-order chi connectivity index (χ1) is 12.6. The first-order valence-corrected chi connectivity index (χ1v) is 10.4. The molecular formula is C22H29F3O. The Bertz CT molecular complexity index is 616. The van der Waals surface area contributed by atoms with Gasteiger partial charge in [0.2, 0.25) is 0 Å². The fourth-order valence-electron chi connectivity index (χ4n) is 5.59. The Balaban J connectivity index is 1.41. The van der Waals surface area contributed by atoms with Gasteiger partial charge in [-0.15, -0.1) is 0 Å². The van der Waals surface area contributed by atoms with Crippen LogP contribution in [-0.2, 0) is 6.42 Å². The SMILES string of the molecule is Fc1ccc2c(c1C(F)F)OC(C1CCC(C3CCCCC3)CC1)CC2. The monoisotopic (exact) mass is 366 g/mol. The van der Waals surface area contributed by atoms with Crippen LogP contribution in [0.25, 0.3) is 0 Å². The summed E-state index contributed by atoms with van der Waals surface area (Å²) in [5.74, 6) is 1.46. The van der Waals surface area contributed by atoms with Crippen molar-refractivity contribution in [3.8, 4) is 5.75 Å². The second-order valence-electron chi connectivity index (χ2n) is 8.52. The van der Waals surface area contributed by atoms with E-state index in [-0.39, 0.29) is 11.9 Å². The number of halogens is 3. The van der Waals surface area contributed by atoms with Crippen molar-refractivity contribution in [3.63, 3.8) is 0 Å². The molecule has 1 aromatic rings. The van der Waals surface area contributed by atoms with E-state index >= 15 is 0 Å². The number of fused-ring (bicyclic) bond motifs is 1. The van der Waals surface area contributed by atoms with Gasteiger partial charge in [0.05, 0.1) is 5.56 Å². The quantitative estimate of drug-likeness (QED) is 0.569. The Hall–Kier alpha value is -1.19. The number of hydrogen-bond acceptors (Lipinski definition) is 1. The number of benzene rings is 1. The Morgan fingerprint density at radius 1 is 0.808 bits per heavy atom. The maximum absolute atomic E-state index is 13.9. The molecule has 0 saturated heterocycles. The topological polar surface area (TPSA) is 9.23 Å². The Morgan fingerprint density at radius 2 is 1.46 bits per heavy atom. The number of rotatable bonds is 3. The van der Waals surface area contributed by atoms with Crippen molar-refractivity contribution >= 4 is 0 Å². The smallest absolute Gasteiger partial charge is 0.270 e. The maximum atomic E-state index is 13.9. The fraction of sp³-hybridized carbons (Fsp3) is 0.727. The van der Waals surface area contributed by atoms with Crippen molar-refractivity contribution < 1.29 is 17.9 Å². The van der Waals surface area contributed by atoms with E-state index in [0.717, 1.165) is 42.7 Å². The van der Waals surface area contributed by atoms with Crippen LogP contribution in [0.3, 0.4) is 0 Å². The van der Waals surface area contributed by atoms with E-state index in [4.69, 9.17) is 4.74 Å². The van der Waals surface area contributed by atoms with Crippen molar-refractivity contribution in [1.29, 1.82) is 0 Å². The molecule has 1 atom stereocenters. The molecular weight excluding hydrogens is 337 g/mol. The molecule has 1 heterocycles. The van der Waals surface area contributed by atoms with Gasteiger partial charge in [0.1, 0.15) is 17.7 Å². The summed E-state index contributed by atoms with van der Waals surface area (Å²) >= 11 is 0. The van der Waals surface area contributed by atoms with E-state index in [2.05, 4.69) is 0 Å². The van der Waals surface area contributed by atoms with Crippen LogP contribution in [0.4, 0.5) is 13.2 Å². The zero-order valence-corrected chi connectivity index (χ0v) is 15.4. The van der Waals surface area contributed by atoms with Gasteiger partial charge in [-0.25, -0.2) is 13.2 Å². The molecule has 26 heavy (non-hydrogen) atoms. The molecule has 2 fully saturated rings. The minimum atomic E-state index is -2.83. The third-order valence-corrected chi connectivity index (χ3v) is 7.07. The molecule has 0 amide bonds. The highest BCUT2D eigenvalue weighted by atomic mass is 19.3. The number of hydrogen-bond donors (Lipinski definition) is 0. The maximum Gasteiger partial charge on any atom is 0.270 e. The second-order valence-corrected chi connectivity index (χ2v) is 8.52. The minimum absolute atomic E-state index is 0.0332. The normalized spacial score (nSPS) is 30.1. The summed E-state index contributed by atoms with van der Waals surface area (Å²) in [4.78, 5) is 0. The van der Waals surface area contributed by atoms with Crippen LogP contribution in [0.5, 0.6) is 5.75 Å². The van der Waals surface area contributed by atoms with Crippen LogP contribution in [0.15, 0.2) is 12.1 Å². The lowest BCUT2D eigenvalue weighted by atomic mass is 9.69. The van der Waals surface area contributed by atoms with Gasteiger partial charge in [-0.3, -0.25) is 0 Å². The van der Waals surface area contributed by atoms with Crippen molar-refractivity contribution in [1.82, 2.24) is 0 Å². The molecule has 1 unspecified atom stereocenters. The van der Waals surface area contributed by atoms with Gasteiger partial charge in [0, 0.05) is 0 Å². The van der Waals surface area contributed by atoms with E-state index in [1.807, 2.05) is 0 Å². The van der Waals surface area contributed by atoms with Crippen LogP contribution in [0.2, 0.25) is 0 Å². The predicted octanol–water partition coefficient (Wildman–Crippen LogP) is 6.84. The third-order valence-electron chi connectivity index (χ3n) is 7.07. The molecule has 2 aliphatic carbocycles. The number of aryl methyl sites for hydroxylation is 1. The lowest BCUT2D eigenvalue weighted by Crippen LogP contribution is -2.35. The van der Waals surface area contributed by atoms with Crippen molar-refractivity contribution in [2.75, 3.05) is 0 Å². The Kier molecular flexibility index (Phi) is 5.47. The molecule has 4 rings (SSSR count). The van der Waals surface area contributed by atoms with Crippen LogP contribution >= 0.6 is 0 Å².